The number of halogens is 1. The lowest BCUT2D eigenvalue weighted by Gasteiger charge is -2.15. The topological polar surface area (TPSA) is 29.5 Å². The van der Waals surface area contributed by atoms with Crippen molar-refractivity contribution in [3.05, 3.63) is 29.6 Å². The lowest BCUT2D eigenvalue weighted by Crippen LogP contribution is -2.12. The maximum atomic E-state index is 13.6. The summed E-state index contributed by atoms with van der Waals surface area (Å²) in [6.45, 7) is 2.00. The number of benzene rings is 1. The summed E-state index contributed by atoms with van der Waals surface area (Å²) in [4.78, 5) is 0. The Hall–Kier alpha value is -1.09. The Morgan fingerprint density at radius 3 is 2.87 bits per heavy atom. The molecule has 1 aromatic carbocycles. The highest BCUT2D eigenvalue weighted by Crippen LogP contribution is 2.56. The van der Waals surface area contributed by atoms with E-state index in [-0.39, 0.29) is 11.7 Å². The van der Waals surface area contributed by atoms with Gasteiger partial charge in [0, 0.05) is 0 Å². The van der Waals surface area contributed by atoms with Crippen molar-refractivity contribution in [3.63, 3.8) is 0 Å². The molecule has 0 amide bonds. The normalized spacial score (nSPS) is 28.9. The average molecular weight is 210 g/mol. The molecule has 1 saturated carbocycles. The van der Waals surface area contributed by atoms with Gasteiger partial charge in [0.2, 0.25) is 0 Å². The Morgan fingerprint density at radius 1 is 1.60 bits per heavy atom. The highest BCUT2D eigenvalue weighted by atomic mass is 19.1. The van der Waals surface area contributed by atoms with Crippen molar-refractivity contribution in [2.45, 2.75) is 25.4 Å². The second kappa shape index (κ2) is 3.49. The van der Waals surface area contributed by atoms with Crippen molar-refractivity contribution >= 4 is 0 Å². The van der Waals surface area contributed by atoms with Crippen LogP contribution >= 0.6 is 0 Å². The fourth-order valence-corrected chi connectivity index (χ4v) is 2.20. The molecular formula is C12H15FO2. The third-order valence-corrected chi connectivity index (χ3v) is 3.19. The second-order valence-electron chi connectivity index (χ2n) is 4.05. The molecule has 0 heterocycles. The number of hydrogen-bond acceptors (Lipinski definition) is 2. The van der Waals surface area contributed by atoms with Crippen LogP contribution in [-0.2, 0) is 5.60 Å². The minimum absolute atomic E-state index is 0.156. The van der Waals surface area contributed by atoms with Gasteiger partial charge >= 0.3 is 0 Å². The molecule has 2 rings (SSSR count). The summed E-state index contributed by atoms with van der Waals surface area (Å²) < 4.78 is 18.7. The van der Waals surface area contributed by atoms with E-state index >= 15 is 0 Å². The van der Waals surface area contributed by atoms with Crippen LogP contribution in [0.3, 0.4) is 0 Å². The van der Waals surface area contributed by atoms with Crippen molar-refractivity contribution in [1.82, 2.24) is 0 Å². The molecule has 1 aliphatic rings. The van der Waals surface area contributed by atoms with Crippen LogP contribution in [0, 0.1) is 11.7 Å². The van der Waals surface area contributed by atoms with Crippen LogP contribution in [0.25, 0.3) is 0 Å². The van der Waals surface area contributed by atoms with Gasteiger partial charge in [-0.05, 0) is 24.5 Å². The zero-order valence-corrected chi connectivity index (χ0v) is 8.96. The largest absolute Gasteiger partial charge is 0.496 e. The minimum Gasteiger partial charge on any atom is -0.496 e. The smallest absolute Gasteiger partial charge is 0.133 e. The van der Waals surface area contributed by atoms with Crippen molar-refractivity contribution < 1.29 is 14.2 Å². The Kier molecular flexibility index (Phi) is 2.43. The summed E-state index contributed by atoms with van der Waals surface area (Å²) >= 11 is 0. The Bertz CT molecular complexity index is 378. The standard InChI is InChI=1S/C12H15FO2/c1-3-8-7-12(8,14)11-9(13)5-4-6-10(11)15-2/h4-6,8,14H,3,7H2,1-2H3. The van der Waals surface area contributed by atoms with Gasteiger partial charge < -0.3 is 9.84 Å². The van der Waals surface area contributed by atoms with E-state index in [4.69, 9.17) is 4.74 Å². The molecule has 2 nitrogen and oxygen atoms in total. The first-order chi connectivity index (χ1) is 7.13. The highest BCUT2D eigenvalue weighted by molar-refractivity contribution is 5.43. The van der Waals surface area contributed by atoms with Crippen LogP contribution in [-0.4, -0.2) is 12.2 Å². The van der Waals surface area contributed by atoms with Crippen LogP contribution in [0.2, 0.25) is 0 Å². The molecule has 1 aromatic rings. The van der Waals surface area contributed by atoms with Gasteiger partial charge in [0.05, 0.1) is 18.3 Å². The van der Waals surface area contributed by atoms with E-state index in [2.05, 4.69) is 0 Å². The summed E-state index contributed by atoms with van der Waals surface area (Å²) in [5.41, 5.74) is -0.690. The predicted octanol–water partition coefficient (Wildman–Crippen LogP) is 2.45. The zero-order valence-electron chi connectivity index (χ0n) is 8.96. The first kappa shape index (κ1) is 10.4. The summed E-state index contributed by atoms with van der Waals surface area (Å²) in [5.74, 6) is 0.213. The predicted molar refractivity (Wildman–Crippen MR) is 55.2 cm³/mol. The fraction of sp³-hybridized carbons (Fsp3) is 0.500. The van der Waals surface area contributed by atoms with Crippen LogP contribution in [0.5, 0.6) is 5.75 Å². The average Bonchev–Trinajstić information content (AvgIpc) is 2.90. The lowest BCUT2D eigenvalue weighted by molar-refractivity contribution is 0.122. The molecule has 15 heavy (non-hydrogen) atoms. The molecule has 0 bridgehead atoms. The molecule has 1 aliphatic carbocycles. The zero-order chi connectivity index (χ0) is 11.1. The molecule has 2 unspecified atom stereocenters. The van der Waals surface area contributed by atoms with E-state index in [1.54, 1.807) is 12.1 Å². The van der Waals surface area contributed by atoms with E-state index in [1.165, 1.54) is 13.2 Å². The van der Waals surface area contributed by atoms with E-state index in [9.17, 15) is 9.50 Å². The molecule has 0 saturated heterocycles. The molecule has 0 aliphatic heterocycles. The maximum absolute atomic E-state index is 13.6. The number of rotatable bonds is 3. The van der Waals surface area contributed by atoms with Gasteiger partial charge in [0.25, 0.3) is 0 Å². The summed E-state index contributed by atoms with van der Waals surface area (Å²) in [6.07, 6.45) is 1.48. The molecule has 1 N–H and O–H groups in total. The van der Waals surface area contributed by atoms with Crippen LogP contribution < -0.4 is 4.74 Å². The van der Waals surface area contributed by atoms with Crippen molar-refractivity contribution in [3.8, 4) is 5.75 Å². The molecule has 82 valence electrons. The summed E-state index contributed by atoms with van der Waals surface area (Å²) in [6, 6.07) is 4.63. The first-order valence-corrected chi connectivity index (χ1v) is 5.18. The van der Waals surface area contributed by atoms with Gasteiger partial charge in [-0.25, -0.2) is 4.39 Å². The molecule has 3 heteroatoms. The van der Waals surface area contributed by atoms with Crippen LogP contribution in [0.15, 0.2) is 18.2 Å². The van der Waals surface area contributed by atoms with E-state index in [0.717, 1.165) is 6.42 Å². The van der Waals surface area contributed by atoms with Crippen molar-refractivity contribution in [2.75, 3.05) is 7.11 Å². The van der Waals surface area contributed by atoms with Crippen molar-refractivity contribution in [1.29, 1.82) is 0 Å². The monoisotopic (exact) mass is 210 g/mol. The van der Waals surface area contributed by atoms with Gasteiger partial charge in [-0.2, -0.15) is 0 Å². The molecule has 1 fully saturated rings. The van der Waals surface area contributed by atoms with Crippen molar-refractivity contribution in [2.24, 2.45) is 5.92 Å². The lowest BCUT2D eigenvalue weighted by atomic mass is 10.0. The van der Waals surface area contributed by atoms with Crippen LogP contribution in [0.4, 0.5) is 4.39 Å². The third-order valence-electron chi connectivity index (χ3n) is 3.19. The molecule has 0 radical (unpaired) electrons. The van der Waals surface area contributed by atoms with E-state index in [1.807, 2.05) is 6.92 Å². The third kappa shape index (κ3) is 1.51. The van der Waals surface area contributed by atoms with E-state index in [0.29, 0.717) is 17.7 Å². The molecule has 0 spiro atoms. The Morgan fingerprint density at radius 2 is 2.33 bits per heavy atom. The molecule has 2 atom stereocenters. The maximum Gasteiger partial charge on any atom is 0.133 e. The summed E-state index contributed by atoms with van der Waals surface area (Å²) in [7, 11) is 1.49. The molecular weight excluding hydrogens is 195 g/mol. The number of ether oxygens (including phenoxy) is 1. The Balaban J connectivity index is 2.44. The number of aliphatic hydroxyl groups is 1. The quantitative estimate of drug-likeness (QED) is 0.830. The van der Waals surface area contributed by atoms with E-state index < -0.39 is 5.60 Å². The van der Waals surface area contributed by atoms with Gasteiger partial charge in [-0.15, -0.1) is 0 Å². The SMILES string of the molecule is CCC1CC1(O)c1c(F)cccc1OC. The van der Waals surface area contributed by atoms with Gasteiger partial charge in [-0.3, -0.25) is 0 Å². The molecule has 0 aromatic heterocycles. The second-order valence-corrected chi connectivity index (χ2v) is 4.05. The minimum atomic E-state index is -1.01. The first-order valence-electron chi connectivity index (χ1n) is 5.18. The van der Waals surface area contributed by atoms with Gasteiger partial charge in [0.15, 0.2) is 0 Å². The van der Waals surface area contributed by atoms with Gasteiger partial charge in [-0.1, -0.05) is 19.4 Å². The summed E-state index contributed by atoms with van der Waals surface area (Å²) in [5, 5.41) is 10.2. The number of hydrogen-bond donors (Lipinski definition) is 1. The highest BCUT2D eigenvalue weighted by Gasteiger charge is 2.55. The van der Waals surface area contributed by atoms with Gasteiger partial charge in [0.1, 0.15) is 11.6 Å². The van der Waals surface area contributed by atoms with Crippen LogP contribution in [0.1, 0.15) is 25.3 Å². The number of methoxy groups -OCH3 is 1. The fourth-order valence-electron chi connectivity index (χ4n) is 2.20. The Labute approximate surface area is 88.7 Å².